The van der Waals surface area contributed by atoms with Crippen LogP contribution in [0.5, 0.6) is 11.5 Å². The van der Waals surface area contributed by atoms with Crippen LogP contribution in [-0.2, 0) is 24.3 Å². The minimum atomic E-state index is -0.689. The predicted octanol–water partition coefficient (Wildman–Crippen LogP) is 10.3. The van der Waals surface area contributed by atoms with E-state index in [1.54, 1.807) is 35.2 Å². The number of nitrogens with zero attached hydrogens (tertiary/aromatic N) is 3. The fourth-order valence-corrected chi connectivity index (χ4v) is 7.81. The molecule has 0 saturated heterocycles. The summed E-state index contributed by atoms with van der Waals surface area (Å²) in [6, 6.07) is 47.7. The molecule has 61 heavy (non-hydrogen) atoms. The van der Waals surface area contributed by atoms with E-state index in [2.05, 4.69) is 11.4 Å². The lowest BCUT2D eigenvalue weighted by Gasteiger charge is -2.37. The first-order valence-corrected chi connectivity index (χ1v) is 20.4. The van der Waals surface area contributed by atoms with Crippen molar-refractivity contribution in [2.45, 2.75) is 52.0 Å². The highest BCUT2D eigenvalue weighted by Crippen LogP contribution is 2.39. The minimum absolute atomic E-state index is 0.164. The molecule has 0 fully saturated rings. The summed E-state index contributed by atoms with van der Waals surface area (Å²) in [6.45, 7) is 6.15. The number of alkyl carbamates (subject to hydrolysis) is 1. The molecule has 0 radical (unpaired) electrons. The van der Waals surface area contributed by atoms with E-state index < -0.39 is 17.7 Å². The van der Waals surface area contributed by atoms with E-state index in [0.717, 1.165) is 16.7 Å². The van der Waals surface area contributed by atoms with Gasteiger partial charge in [-0.2, -0.15) is 0 Å². The molecule has 0 spiro atoms. The van der Waals surface area contributed by atoms with Gasteiger partial charge in [0.05, 0.1) is 35.5 Å². The van der Waals surface area contributed by atoms with Gasteiger partial charge in [0.2, 0.25) is 0 Å². The molecular weight excluding hydrogens is 765 g/mol. The zero-order valence-corrected chi connectivity index (χ0v) is 34.7. The third-order valence-electron chi connectivity index (χ3n) is 10.7. The number of hydrogen-bond acceptors (Lipinski definition) is 6. The van der Waals surface area contributed by atoms with E-state index in [9.17, 15) is 9.59 Å². The lowest BCUT2D eigenvalue weighted by atomic mass is 9.93. The number of carbonyl (C=O) groups excluding carboxylic acids is 3. The van der Waals surface area contributed by atoms with Crippen LogP contribution in [0.2, 0.25) is 0 Å². The van der Waals surface area contributed by atoms with Crippen LogP contribution in [0, 0.1) is 0 Å². The molecule has 10 heteroatoms. The number of hydrogen-bond donors (Lipinski definition) is 1. The molecular formula is C51H48N4O6. The first-order chi connectivity index (χ1) is 29.6. The SMILES string of the molecule is COc1cc(-n2cc(C(=O)N(c3ccccc3)c3ccccc3)c3ccccc32)c(C(=O)N2Cc3ccccc3C[C@H]2CNC(=O)OC(C)(C)C)cc1OCc1ccccc1. The van der Waals surface area contributed by atoms with E-state index in [1.807, 2.05) is 159 Å². The number of para-hydroxylation sites is 3. The van der Waals surface area contributed by atoms with Gasteiger partial charge in [0.1, 0.15) is 12.2 Å². The maximum Gasteiger partial charge on any atom is 0.407 e. The van der Waals surface area contributed by atoms with Gasteiger partial charge in [-0.05, 0) is 80.3 Å². The third-order valence-corrected chi connectivity index (χ3v) is 10.7. The molecule has 1 atom stereocenters. The van der Waals surface area contributed by atoms with Crippen molar-refractivity contribution < 1.29 is 28.6 Å². The van der Waals surface area contributed by atoms with Crippen LogP contribution in [0.1, 0.15) is 58.2 Å². The first kappa shape index (κ1) is 40.4. The summed E-state index contributed by atoms with van der Waals surface area (Å²) in [5.41, 5.74) is 5.78. The summed E-state index contributed by atoms with van der Waals surface area (Å²) < 4.78 is 19.8. The number of nitrogens with one attached hydrogen (secondary N) is 1. The van der Waals surface area contributed by atoms with Crippen LogP contribution in [0.15, 0.2) is 158 Å². The van der Waals surface area contributed by atoms with Gasteiger partial charge in [-0.25, -0.2) is 4.79 Å². The van der Waals surface area contributed by atoms with Gasteiger partial charge in [0, 0.05) is 42.1 Å². The van der Waals surface area contributed by atoms with Crippen molar-refractivity contribution >= 4 is 40.2 Å². The monoisotopic (exact) mass is 812 g/mol. The molecule has 0 bridgehead atoms. The average Bonchev–Trinajstić information content (AvgIpc) is 3.67. The van der Waals surface area contributed by atoms with E-state index >= 15 is 4.79 Å². The number of methoxy groups -OCH3 is 1. The lowest BCUT2D eigenvalue weighted by Crippen LogP contribution is -2.50. The summed E-state index contributed by atoms with van der Waals surface area (Å²) >= 11 is 0. The van der Waals surface area contributed by atoms with Gasteiger partial charge >= 0.3 is 6.09 Å². The summed E-state index contributed by atoms with van der Waals surface area (Å²) in [4.78, 5) is 46.9. The van der Waals surface area contributed by atoms with Gasteiger partial charge in [-0.1, -0.05) is 109 Å². The topological polar surface area (TPSA) is 102 Å². The Bertz CT molecular complexity index is 2630. The number of ether oxygens (including phenoxy) is 3. The maximum absolute atomic E-state index is 15.5. The van der Waals surface area contributed by atoms with E-state index in [-0.39, 0.29) is 25.0 Å². The Hall–Kier alpha value is -7.33. The molecule has 3 amide bonds. The second-order valence-corrected chi connectivity index (χ2v) is 16.0. The molecule has 1 N–H and O–H groups in total. The number of rotatable bonds is 11. The second-order valence-electron chi connectivity index (χ2n) is 16.0. The van der Waals surface area contributed by atoms with Crippen molar-refractivity contribution in [3.63, 3.8) is 0 Å². The summed E-state index contributed by atoms with van der Waals surface area (Å²) in [5, 5.41) is 3.63. The third kappa shape index (κ3) is 8.84. The number of fused-ring (bicyclic) bond motifs is 2. The Balaban J connectivity index is 1.27. The van der Waals surface area contributed by atoms with E-state index in [0.29, 0.717) is 63.6 Å². The lowest BCUT2D eigenvalue weighted by molar-refractivity contribution is 0.0474. The van der Waals surface area contributed by atoms with Crippen LogP contribution in [0.3, 0.4) is 0 Å². The second kappa shape index (κ2) is 17.5. The zero-order valence-electron chi connectivity index (χ0n) is 34.7. The normalized spacial score (nSPS) is 13.6. The molecule has 1 aliphatic heterocycles. The Kier molecular flexibility index (Phi) is 11.6. The molecule has 7 aromatic rings. The zero-order chi connectivity index (χ0) is 42.5. The van der Waals surface area contributed by atoms with Gasteiger partial charge in [-0.3, -0.25) is 14.5 Å². The smallest absolute Gasteiger partial charge is 0.407 e. The molecule has 2 heterocycles. The summed E-state index contributed by atoms with van der Waals surface area (Å²) in [6.07, 6.45) is 1.76. The van der Waals surface area contributed by atoms with Gasteiger partial charge in [-0.15, -0.1) is 0 Å². The molecule has 0 aliphatic carbocycles. The fourth-order valence-electron chi connectivity index (χ4n) is 7.81. The molecule has 0 saturated carbocycles. The van der Waals surface area contributed by atoms with E-state index in [4.69, 9.17) is 14.2 Å². The Morgan fingerprint density at radius 1 is 0.721 bits per heavy atom. The van der Waals surface area contributed by atoms with Crippen molar-refractivity contribution in [2.75, 3.05) is 18.6 Å². The molecule has 1 aliphatic rings. The molecule has 6 aromatic carbocycles. The first-order valence-electron chi connectivity index (χ1n) is 20.4. The van der Waals surface area contributed by atoms with Crippen LogP contribution in [-0.4, -0.2) is 52.7 Å². The van der Waals surface area contributed by atoms with Gasteiger partial charge < -0.3 is 29.0 Å². The Labute approximate surface area is 355 Å². The highest BCUT2D eigenvalue weighted by atomic mass is 16.6. The van der Waals surface area contributed by atoms with Crippen LogP contribution in [0.4, 0.5) is 16.2 Å². The number of benzene rings is 6. The van der Waals surface area contributed by atoms with Crippen LogP contribution in [0.25, 0.3) is 16.6 Å². The minimum Gasteiger partial charge on any atom is -0.493 e. The van der Waals surface area contributed by atoms with E-state index in [1.165, 1.54) is 0 Å². The molecule has 10 nitrogen and oxygen atoms in total. The predicted molar refractivity (Wildman–Crippen MR) is 238 cm³/mol. The Morgan fingerprint density at radius 3 is 1.98 bits per heavy atom. The highest BCUT2D eigenvalue weighted by molar-refractivity contribution is 6.17. The van der Waals surface area contributed by atoms with Crippen LogP contribution < -0.4 is 19.7 Å². The van der Waals surface area contributed by atoms with Crippen molar-refractivity contribution in [1.82, 2.24) is 14.8 Å². The largest absolute Gasteiger partial charge is 0.493 e. The molecule has 8 rings (SSSR count). The molecule has 308 valence electrons. The molecule has 1 aromatic heterocycles. The van der Waals surface area contributed by atoms with Crippen molar-refractivity contribution in [3.05, 3.63) is 186 Å². The standard InChI is InChI=1S/C51H48N4O6/c1-51(2,3)61-50(58)52-31-40-28-36-20-14-15-21-37(36)32-53(40)48(56)42-29-47(60-34-35-18-8-5-9-19-35)46(59-4)30-45(42)54-33-43(41-26-16-17-27-44(41)54)49(57)55(38-22-10-6-11-23-38)39-24-12-7-13-25-39/h5-27,29-30,33,40H,28,31-32,34H2,1-4H3,(H,52,58)/t40-/m0/s1. The number of anilines is 2. The fraction of sp³-hybridized carbons (Fsp3) is 0.196. The van der Waals surface area contributed by atoms with Gasteiger partial charge in [0.15, 0.2) is 11.5 Å². The van der Waals surface area contributed by atoms with Crippen molar-refractivity contribution in [3.8, 4) is 17.2 Å². The quantitative estimate of drug-likeness (QED) is 0.140. The van der Waals surface area contributed by atoms with Crippen molar-refractivity contribution in [2.24, 2.45) is 0 Å². The summed E-state index contributed by atoms with van der Waals surface area (Å²) in [5.74, 6) is 0.270. The summed E-state index contributed by atoms with van der Waals surface area (Å²) in [7, 11) is 1.57. The molecule has 0 unspecified atom stereocenters. The number of carbonyl (C=O) groups is 3. The number of amides is 3. The average molecular weight is 813 g/mol. The highest BCUT2D eigenvalue weighted by Gasteiger charge is 2.34. The van der Waals surface area contributed by atoms with Crippen LogP contribution >= 0.6 is 0 Å². The number of aromatic nitrogens is 1. The van der Waals surface area contributed by atoms with Crippen molar-refractivity contribution in [1.29, 1.82) is 0 Å². The maximum atomic E-state index is 15.5. The van der Waals surface area contributed by atoms with Gasteiger partial charge in [0.25, 0.3) is 11.8 Å². The Morgan fingerprint density at radius 2 is 1.33 bits per heavy atom.